The Kier molecular flexibility index (Phi) is 5.81. The number of amides is 1. The summed E-state index contributed by atoms with van der Waals surface area (Å²) in [5.41, 5.74) is 2.13. The van der Waals surface area contributed by atoms with E-state index in [1.54, 1.807) is 38.1 Å². The molecule has 1 aliphatic rings. The van der Waals surface area contributed by atoms with Gasteiger partial charge in [0.1, 0.15) is 11.2 Å². The van der Waals surface area contributed by atoms with Crippen molar-refractivity contribution in [2.75, 3.05) is 11.9 Å². The summed E-state index contributed by atoms with van der Waals surface area (Å²) in [4.78, 5) is 21.7. The van der Waals surface area contributed by atoms with Crippen molar-refractivity contribution in [1.29, 1.82) is 0 Å². The van der Waals surface area contributed by atoms with E-state index in [4.69, 9.17) is 4.42 Å². The molecule has 0 bridgehead atoms. The maximum absolute atomic E-state index is 12.8. The van der Waals surface area contributed by atoms with Crippen LogP contribution in [0.1, 0.15) is 73.1 Å². The van der Waals surface area contributed by atoms with Gasteiger partial charge in [-0.15, -0.1) is 0 Å². The number of aliphatic hydroxyl groups excluding tert-OH is 1. The van der Waals surface area contributed by atoms with Gasteiger partial charge in [-0.25, -0.2) is 9.97 Å². The van der Waals surface area contributed by atoms with E-state index in [1.165, 1.54) is 0 Å². The fraction of sp³-hybridized carbons (Fsp3) is 0.458. The van der Waals surface area contributed by atoms with Crippen LogP contribution in [0.2, 0.25) is 0 Å². The van der Waals surface area contributed by atoms with Gasteiger partial charge in [-0.05, 0) is 70.6 Å². The van der Waals surface area contributed by atoms with E-state index < -0.39 is 5.60 Å². The molecule has 1 aliphatic carbocycles. The van der Waals surface area contributed by atoms with Crippen molar-refractivity contribution in [1.82, 2.24) is 9.97 Å². The van der Waals surface area contributed by atoms with E-state index in [-0.39, 0.29) is 18.4 Å². The van der Waals surface area contributed by atoms with Gasteiger partial charge >= 0.3 is 0 Å². The highest BCUT2D eigenvalue weighted by Gasteiger charge is 2.28. The quantitative estimate of drug-likeness (QED) is 0.565. The average molecular weight is 424 g/mol. The van der Waals surface area contributed by atoms with Gasteiger partial charge in [0.2, 0.25) is 0 Å². The number of aryl methyl sites for hydroxylation is 1. The number of aromatic nitrogens is 2. The molecule has 0 aliphatic heterocycles. The Bertz CT molecular complexity index is 1090. The number of carbonyl (C=O) groups is 1. The summed E-state index contributed by atoms with van der Waals surface area (Å²) in [6.45, 7) is 5.40. The molecule has 4 rings (SSSR count). The van der Waals surface area contributed by atoms with Crippen molar-refractivity contribution in [2.45, 2.75) is 58.0 Å². The van der Waals surface area contributed by atoms with Gasteiger partial charge in [0.05, 0.1) is 11.3 Å². The third-order valence-electron chi connectivity index (χ3n) is 6.03. The number of aliphatic hydroxyl groups is 2. The topological polar surface area (TPSA) is 108 Å². The van der Waals surface area contributed by atoms with Gasteiger partial charge in [0, 0.05) is 29.8 Å². The number of hydrogen-bond donors (Lipinski definition) is 3. The number of rotatable bonds is 5. The lowest BCUT2D eigenvalue weighted by molar-refractivity contribution is 0.0793. The minimum Gasteiger partial charge on any atom is -0.440 e. The maximum atomic E-state index is 12.8. The minimum absolute atomic E-state index is 0.218. The largest absolute Gasteiger partial charge is 0.440 e. The molecule has 1 fully saturated rings. The zero-order chi connectivity index (χ0) is 22.2. The summed E-state index contributed by atoms with van der Waals surface area (Å²) < 4.78 is 6.07. The fourth-order valence-corrected chi connectivity index (χ4v) is 4.22. The average Bonchev–Trinajstić information content (AvgIpc) is 3.15. The third kappa shape index (κ3) is 4.62. The van der Waals surface area contributed by atoms with E-state index in [0.717, 1.165) is 31.4 Å². The van der Waals surface area contributed by atoms with E-state index in [0.29, 0.717) is 39.9 Å². The van der Waals surface area contributed by atoms with Crippen LogP contribution in [-0.2, 0) is 5.60 Å². The minimum atomic E-state index is -1.19. The van der Waals surface area contributed by atoms with Crippen molar-refractivity contribution < 1.29 is 19.4 Å². The molecule has 0 saturated heterocycles. The molecule has 164 valence electrons. The molecule has 3 N–H and O–H groups in total. The summed E-state index contributed by atoms with van der Waals surface area (Å²) in [5, 5.41) is 23.0. The Morgan fingerprint density at radius 1 is 1.19 bits per heavy atom. The number of anilines is 1. The first kappa shape index (κ1) is 21.5. The number of fused-ring (bicyclic) bond motifs is 1. The van der Waals surface area contributed by atoms with Gasteiger partial charge < -0.3 is 19.9 Å². The number of nitrogens with one attached hydrogen (secondary N) is 1. The van der Waals surface area contributed by atoms with Crippen LogP contribution in [0, 0.1) is 12.8 Å². The lowest BCUT2D eigenvalue weighted by Crippen LogP contribution is -2.21. The summed E-state index contributed by atoms with van der Waals surface area (Å²) in [5.74, 6) is 0.905. The molecule has 7 nitrogen and oxygen atoms in total. The van der Waals surface area contributed by atoms with Crippen LogP contribution >= 0.6 is 0 Å². The van der Waals surface area contributed by atoms with E-state index in [1.807, 2.05) is 13.0 Å². The summed E-state index contributed by atoms with van der Waals surface area (Å²) in [6, 6.07) is 8.77. The number of benzene rings is 1. The molecule has 0 atom stereocenters. The smallest absolute Gasteiger partial charge is 0.274 e. The molecule has 31 heavy (non-hydrogen) atoms. The lowest BCUT2D eigenvalue weighted by Gasteiger charge is -2.24. The summed E-state index contributed by atoms with van der Waals surface area (Å²) >= 11 is 0. The third-order valence-corrected chi connectivity index (χ3v) is 6.03. The molecule has 1 amide bonds. The van der Waals surface area contributed by atoms with Gasteiger partial charge in [-0.3, -0.25) is 4.79 Å². The van der Waals surface area contributed by atoms with Gasteiger partial charge in [0.25, 0.3) is 5.91 Å². The number of hydrogen-bond acceptors (Lipinski definition) is 6. The first-order valence-corrected chi connectivity index (χ1v) is 10.8. The summed E-state index contributed by atoms with van der Waals surface area (Å²) in [6.07, 6.45) is 3.78. The molecule has 1 saturated carbocycles. The molecule has 2 aromatic heterocycles. The van der Waals surface area contributed by atoms with E-state index >= 15 is 0 Å². The Labute approximate surface area is 181 Å². The van der Waals surface area contributed by atoms with Crippen LogP contribution in [0.25, 0.3) is 11.1 Å². The van der Waals surface area contributed by atoms with Crippen LogP contribution in [-0.4, -0.2) is 32.7 Å². The summed E-state index contributed by atoms with van der Waals surface area (Å²) in [7, 11) is 0. The van der Waals surface area contributed by atoms with Crippen LogP contribution in [0.15, 0.2) is 34.7 Å². The zero-order valence-electron chi connectivity index (χ0n) is 18.2. The number of pyridine rings is 1. The molecule has 2 heterocycles. The Balaban J connectivity index is 1.66. The molecular formula is C24H29N3O4. The van der Waals surface area contributed by atoms with Crippen molar-refractivity contribution in [3.05, 3.63) is 53.2 Å². The second-order valence-electron chi connectivity index (χ2n) is 9.00. The fourth-order valence-electron chi connectivity index (χ4n) is 4.22. The van der Waals surface area contributed by atoms with Gasteiger partial charge in [-0.1, -0.05) is 6.07 Å². The molecular weight excluding hydrogens is 394 g/mol. The van der Waals surface area contributed by atoms with Crippen molar-refractivity contribution >= 4 is 22.7 Å². The Hall–Kier alpha value is -2.77. The number of nitrogens with zero attached hydrogens (tertiary/aromatic N) is 2. The Morgan fingerprint density at radius 3 is 2.58 bits per heavy atom. The first-order valence-electron chi connectivity index (χ1n) is 10.8. The lowest BCUT2D eigenvalue weighted by atomic mass is 9.82. The molecule has 0 unspecified atom stereocenters. The van der Waals surface area contributed by atoms with Crippen molar-refractivity contribution in [3.63, 3.8) is 0 Å². The second kappa shape index (κ2) is 8.40. The number of carbonyl (C=O) groups excluding carboxylic acids is 1. The first-order chi connectivity index (χ1) is 14.7. The highest BCUT2D eigenvalue weighted by atomic mass is 16.3. The normalized spacial score (nSPS) is 19.5. The Morgan fingerprint density at radius 2 is 1.94 bits per heavy atom. The zero-order valence-corrected chi connectivity index (χ0v) is 18.2. The highest BCUT2D eigenvalue weighted by molar-refractivity contribution is 6.04. The van der Waals surface area contributed by atoms with E-state index in [2.05, 4.69) is 15.3 Å². The van der Waals surface area contributed by atoms with Gasteiger partial charge in [-0.2, -0.15) is 0 Å². The molecule has 7 heteroatoms. The molecule has 0 radical (unpaired) electrons. The van der Waals surface area contributed by atoms with E-state index in [9.17, 15) is 15.0 Å². The highest BCUT2D eigenvalue weighted by Crippen LogP contribution is 2.38. The predicted molar refractivity (Wildman–Crippen MR) is 118 cm³/mol. The van der Waals surface area contributed by atoms with Crippen molar-refractivity contribution in [2.24, 2.45) is 5.92 Å². The standard InChI is InChI=1S/C24H29N3O4/c1-14-5-4-6-18(25-14)22(29)26-19-12-21-20(11-17(19)24(2,3)30)27-23(31-21)16-9-7-15(13-28)8-10-16/h4-6,11-12,15-16,28,30H,7-10,13H2,1-3H3,(H,26,29)/t15-,16-. The van der Waals surface area contributed by atoms with Crippen LogP contribution < -0.4 is 5.32 Å². The number of oxazole rings is 1. The molecule has 3 aromatic rings. The molecule has 1 aromatic carbocycles. The second-order valence-corrected chi connectivity index (χ2v) is 9.00. The van der Waals surface area contributed by atoms with Crippen LogP contribution in [0.3, 0.4) is 0 Å². The van der Waals surface area contributed by atoms with Gasteiger partial charge in [0.15, 0.2) is 11.5 Å². The van der Waals surface area contributed by atoms with Crippen LogP contribution in [0.4, 0.5) is 5.69 Å². The monoisotopic (exact) mass is 423 g/mol. The van der Waals surface area contributed by atoms with Crippen molar-refractivity contribution in [3.8, 4) is 0 Å². The van der Waals surface area contributed by atoms with Crippen LogP contribution in [0.5, 0.6) is 0 Å². The molecule has 0 spiro atoms. The predicted octanol–water partition coefficient (Wildman–Crippen LogP) is 4.28. The maximum Gasteiger partial charge on any atom is 0.274 e. The SMILES string of the molecule is Cc1cccc(C(=O)Nc2cc3oc([C@H]4CC[C@H](CO)CC4)nc3cc2C(C)(C)O)n1.